The SMILES string of the molecule is CCNC(Cc1ccc(OC)c(F)c1)c1ncn[nH]1. The molecule has 1 aromatic heterocycles. The van der Waals surface area contributed by atoms with Crippen molar-refractivity contribution in [3.63, 3.8) is 0 Å². The standard InChI is InChI=1S/C13H17FN4O/c1-3-15-11(13-16-8-17-18-13)7-9-4-5-12(19-2)10(14)6-9/h4-6,8,11,15H,3,7H2,1-2H3,(H,16,17,18). The van der Waals surface area contributed by atoms with Gasteiger partial charge in [0.1, 0.15) is 12.2 Å². The maximum Gasteiger partial charge on any atom is 0.165 e. The number of likely N-dealkylation sites (N-methyl/N-ethyl adjacent to an activating group) is 1. The van der Waals surface area contributed by atoms with E-state index in [2.05, 4.69) is 20.5 Å². The van der Waals surface area contributed by atoms with Crippen LogP contribution in [0.1, 0.15) is 24.4 Å². The predicted octanol–water partition coefficient (Wildman–Crippen LogP) is 1.85. The molecule has 0 saturated carbocycles. The number of hydrogen-bond acceptors (Lipinski definition) is 4. The Morgan fingerprint density at radius 1 is 1.47 bits per heavy atom. The van der Waals surface area contributed by atoms with E-state index >= 15 is 0 Å². The number of ether oxygens (including phenoxy) is 1. The lowest BCUT2D eigenvalue weighted by atomic mass is 10.0. The number of hydrogen-bond donors (Lipinski definition) is 2. The molecule has 102 valence electrons. The second kappa shape index (κ2) is 6.29. The van der Waals surface area contributed by atoms with Gasteiger partial charge in [0.05, 0.1) is 13.2 Å². The van der Waals surface area contributed by atoms with Gasteiger partial charge in [0.25, 0.3) is 0 Å². The maximum absolute atomic E-state index is 13.6. The van der Waals surface area contributed by atoms with Crippen molar-refractivity contribution in [3.05, 3.63) is 41.7 Å². The first-order chi connectivity index (χ1) is 9.24. The Balaban J connectivity index is 2.15. The number of aromatic nitrogens is 3. The number of halogens is 1. The van der Waals surface area contributed by atoms with Gasteiger partial charge < -0.3 is 10.1 Å². The van der Waals surface area contributed by atoms with Crippen LogP contribution in [0.2, 0.25) is 0 Å². The van der Waals surface area contributed by atoms with E-state index in [0.717, 1.165) is 17.9 Å². The van der Waals surface area contributed by atoms with E-state index in [1.165, 1.54) is 19.5 Å². The number of benzene rings is 1. The molecule has 1 unspecified atom stereocenters. The molecule has 2 N–H and O–H groups in total. The van der Waals surface area contributed by atoms with Crippen molar-refractivity contribution >= 4 is 0 Å². The summed E-state index contributed by atoms with van der Waals surface area (Å²) in [7, 11) is 1.45. The Hall–Kier alpha value is -1.95. The number of methoxy groups -OCH3 is 1. The third-order valence-corrected chi connectivity index (χ3v) is 2.87. The van der Waals surface area contributed by atoms with Crippen molar-refractivity contribution in [2.75, 3.05) is 13.7 Å². The summed E-state index contributed by atoms with van der Waals surface area (Å²) < 4.78 is 18.6. The molecule has 1 atom stereocenters. The molecule has 19 heavy (non-hydrogen) atoms. The molecule has 0 aliphatic carbocycles. The van der Waals surface area contributed by atoms with Crippen molar-refractivity contribution in [1.29, 1.82) is 0 Å². The minimum absolute atomic E-state index is 0.0136. The highest BCUT2D eigenvalue weighted by molar-refractivity contribution is 5.30. The molecule has 0 aliphatic rings. The number of H-pyrrole nitrogens is 1. The van der Waals surface area contributed by atoms with Crippen LogP contribution in [-0.4, -0.2) is 28.8 Å². The third-order valence-electron chi connectivity index (χ3n) is 2.87. The van der Waals surface area contributed by atoms with Gasteiger partial charge in [-0.05, 0) is 30.7 Å². The molecule has 0 radical (unpaired) electrons. The summed E-state index contributed by atoms with van der Waals surface area (Å²) in [4.78, 5) is 4.14. The van der Waals surface area contributed by atoms with Crippen molar-refractivity contribution < 1.29 is 9.13 Å². The van der Waals surface area contributed by atoms with E-state index in [1.807, 2.05) is 13.0 Å². The minimum Gasteiger partial charge on any atom is -0.494 e. The van der Waals surface area contributed by atoms with Crippen LogP contribution in [0.25, 0.3) is 0 Å². The molecule has 1 heterocycles. The summed E-state index contributed by atoms with van der Waals surface area (Å²) in [6.45, 7) is 2.81. The lowest BCUT2D eigenvalue weighted by Gasteiger charge is -2.15. The summed E-state index contributed by atoms with van der Waals surface area (Å²) in [5.41, 5.74) is 0.876. The monoisotopic (exact) mass is 264 g/mol. The summed E-state index contributed by atoms with van der Waals surface area (Å²) in [6.07, 6.45) is 2.10. The Bertz CT molecular complexity index is 515. The summed E-state index contributed by atoms with van der Waals surface area (Å²) in [6, 6.07) is 4.95. The summed E-state index contributed by atoms with van der Waals surface area (Å²) in [5, 5.41) is 9.97. The Labute approximate surface area is 111 Å². The molecule has 0 saturated heterocycles. The Kier molecular flexibility index (Phi) is 4.46. The fourth-order valence-electron chi connectivity index (χ4n) is 1.97. The molecule has 1 aromatic carbocycles. The van der Waals surface area contributed by atoms with E-state index in [-0.39, 0.29) is 17.6 Å². The average Bonchev–Trinajstić information content (AvgIpc) is 2.92. The largest absolute Gasteiger partial charge is 0.494 e. The van der Waals surface area contributed by atoms with Gasteiger partial charge in [0.15, 0.2) is 11.6 Å². The quantitative estimate of drug-likeness (QED) is 0.835. The van der Waals surface area contributed by atoms with Crippen molar-refractivity contribution in [2.45, 2.75) is 19.4 Å². The van der Waals surface area contributed by atoms with Crippen LogP contribution in [0.5, 0.6) is 5.75 Å². The molecule has 5 nitrogen and oxygen atoms in total. The molecule has 0 aliphatic heterocycles. The van der Waals surface area contributed by atoms with E-state index < -0.39 is 0 Å². The lowest BCUT2D eigenvalue weighted by molar-refractivity contribution is 0.386. The highest BCUT2D eigenvalue weighted by Crippen LogP contribution is 2.21. The predicted molar refractivity (Wildman–Crippen MR) is 69.5 cm³/mol. The molecular weight excluding hydrogens is 247 g/mol. The van der Waals surface area contributed by atoms with Gasteiger partial charge in [-0.25, -0.2) is 9.37 Å². The van der Waals surface area contributed by atoms with Crippen LogP contribution in [0, 0.1) is 5.82 Å². The van der Waals surface area contributed by atoms with Crippen LogP contribution in [0.15, 0.2) is 24.5 Å². The summed E-state index contributed by atoms with van der Waals surface area (Å²) in [5.74, 6) is 0.648. The zero-order valence-electron chi connectivity index (χ0n) is 11.0. The van der Waals surface area contributed by atoms with Crippen LogP contribution in [0.3, 0.4) is 0 Å². The maximum atomic E-state index is 13.6. The molecule has 0 bridgehead atoms. The van der Waals surface area contributed by atoms with Crippen molar-refractivity contribution in [2.24, 2.45) is 0 Å². The van der Waals surface area contributed by atoms with E-state index in [0.29, 0.717) is 6.42 Å². The first-order valence-electron chi connectivity index (χ1n) is 6.15. The normalized spacial score (nSPS) is 12.4. The molecule has 0 amide bonds. The molecule has 6 heteroatoms. The highest BCUT2D eigenvalue weighted by atomic mass is 19.1. The number of nitrogens with zero attached hydrogens (tertiary/aromatic N) is 2. The Morgan fingerprint density at radius 3 is 2.89 bits per heavy atom. The zero-order valence-corrected chi connectivity index (χ0v) is 11.0. The number of aromatic amines is 1. The second-order valence-electron chi connectivity index (χ2n) is 4.15. The van der Waals surface area contributed by atoms with Gasteiger partial charge in [-0.3, -0.25) is 5.10 Å². The second-order valence-corrected chi connectivity index (χ2v) is 4.15. The first-order valence-corrected chi connectivity index (χ1v) is 6.15. The summed E-state index contributed by atoms with van der Waals surface area (Å²) >= 11 is 0. The van der Waals surface area contributed by atoms with Crippen LogP contribution in [0.4, 0.5) is 4.39 Å². The van der Waals surface area contributed by atoms with Crippen molar-refractivity contribution in [1.82, 2.24) is 20.5 Å². The van der Waals surface area contributed by atoms with Gasteiger partial charge in [0.2, 0.25) is 0 Å². The molecule has 2 rings (SSSR count). The highest BCUT2D eigenvalue weighted by Gasteiger charge is 2.15. The Morgan fingerprint density at radius 2 is 2.32 bits per heavy atom. The molecule has 0 spiro atoms. The van der Waals surface area contributed by atoms with Crippen LogP contribution < -0.4 is 10.1 Å². The number of rotatable bonds is 6. The van der Waals surface area contributed by atoms with Crippen LogP contribution >= 0.6 is 0 Å². The van der Waals surface area contributed by atoms with E-state index in [9.17, 15) is 4.39 Å². The van der Waals surface area contributed by atoms with Crippen LogP contribution in [-0.2, 0) is 6.42 Å². The fraction of sp³-hybridized carbons (Fsp3) is 0.385. The average molecular weight is 264 g/mol. The minimum atomic E-state index is -0.354. The zero-order chi connectivity index (χ0) is 13.7. The van der Waals surface area contributed by atoms with E-state index in [4.69, 9.17) is 4.74 Å². The molecular formula is C13H17FN4O. The molecule has 2 aromatic rings. The van der Waals surface area contributed by atoms with Gasteiger partial charge in [-0.1, -0.05) is 13.0 Å². The molecule has 0 fully saturated rings. The third kappa shape index (κ3) is 3.29. The lowest BCUT2D eigenvalue weighted by Crippen LogP contribution is -2.24. The van der Waals surface area contributed by atoms with Gasteiger partial charge in [-0.2, -0.15) is 5.10 Å². The topological polar surface area (TPSA) is 62.8 Å². The van der Waals surface area contributed by atoms with Gasteiger partial charge in [0, 0.05) is 0 Å². The number of nitrogens with one attached hydrogen (secondary N) is 2. The van der Waals surface area contributed by atoms with Gasteiger partial charge >= 0.3 is 0 Å². The van der Waals surface area contributed by atoms with Gasteiger partial charge in [-0.15, -0.1) is 0 Å². The van der Waals surface area contributed by atoms with E-state index in [1.54, 1.807) is 6.07 Å². The first kappa shape index (κ1) is 13.5. The fourth-order valence-corrected chi connectivity index (χ4v) is 1.97. The van der Waals surface area contributed by atoms with Crippen molar-refractivity contribution in [3.8, 4) is 5.75 Å². The smallest absolute Gasteiger partial charge is 0.165 e.